The number of aliphatic hydroxyl groups excluding tert-OH is 1. The number of benzene rings is 1. The molecule has 2 saturated carbocycles. The van der Waals surface area contributed by atoms with Gasteiger partial charge in [0.1, 0.15) is 5.82 Å². The lowest BCUT2D eigenvalue weighted by molar-refractivity contribution is 0.171. The van der Waals surface area contributed by atoms with E-state index in [4.69, 9.17) is 5.11 Å². The highest BCUT2D eigenvalue weighted by Gasteiger charge is 2.30. The summed E-state index contributed by atoms with van der Waals surface area (Å²) in [6, 6.07) is 5.66. The van der Waals surface area contributed by atoms with Crippen LogP contribution in [0.15, 0.2) is 30.9 Å². The Labute approximate surface area is 146 Å². The molecule has 0 radical (unpaired) electrons. The number of rotatable bonds is 5. The smallest absolute Gasteiger partial charge is 0.126 e. The Morgan fingerprint density at radius 3 is 2.17 bits per heavy atom. The molecule has 2 fully saturated rings. The van der Waals surface area contributed by atoms with Gasteiger partial charge in [-0.05, 0) is 98.7 Å². The van der Waals surface area contributed by atoms with E-state index in [1.807, 2.05) is 6.07 Å². The van der Waals surface area contributed by atoms with Crippen molar-refractivity contribution in [3.63, 3.8) is 0 Å². The molecule has 0 saturated heterocycles. The second-order valence-corrected chi connectivity index (χ2v) is 7.85. The lowest BCUT2D eigenvalue weighted by atomic mass is 9.68. The maximum absolute atomic E-state index is 14.1. The average Bonchev–Trinajstić information content (AvgIpc) is 2.64. The molecule has 0 unspecified atom stereocenters. The molecular weight excluding hydrogens is 299 g/mol. The molecule has 1 nitrogen and oxygen atoms in total. The molecule has 0 aliphatic heterocycles. The van der Waals surface area contributed by atoms with Crippen molar-refractivity contribution in [3.8, 4) is 0 Å². The Morgan fingerprint density at radius 1 is 1.00 bits per heavy atom. The third-order valence-electron chi connectivity index (χ3n) is 6.52. The van der Waals surface area contributed by atoms with Crippen LogP contribution in [0.4, 0.5) is 4.39 Å². The van der Waals surface area contributed by atoms with Crippen molar-refractivity contribution in [3.05, 3.63) is 47.8 Å². The van der Waals surface area contributed by atoms with Crippen molar-refractivity contribution < 1.29 is 9.50 Å². The summed E-state index contributed by atoms with van der Waals surface area (Å²) in [5, 5.41) is 8.98. The van der Waals surface area contributed by atoms with Crippen LogP contribution in [0.1, 0.15) is 68.4 Å². The molecule has 1 aromatic rings. The van der Waals surface area contributed by atoms with Crippen LogP contribution in [0.3, 0.4) is 0 Å². The van der Waals surface area contributed by atoms with E-state index in [-0.39, 0.29) is 12.4 Å². The zero-order chi connectivity index (χ0) is 16.9. The first kappa shape index (κ1) is 17.7. The maximum Gasteiger partial charge on any atom is 0.126 e. The van der Waals surface area contributed by atoms with Gasteiger partial charge in [-0.2, -0.15) is 0 Å². The van der Waals surface area contributed by atoms with E-state index in [1.165, 1.54) is 51.4 Å². The third-order valence-corrected chi connectivity index (χ3v) is 6.52. The molecule has 0 aromatic heterocycles. The summed E-state index contributed by atoms with van der Waals surface area (Å²) in [7, 11) is 0. The van der Waals surface area contributed by atoms with Crippen LogP contribution in [0.2, 0.25) is 0 Å². The van der Waals surface area contributed by atoms with Crippen molar-refractivity contribution in [1.29, 1.82) is 0 Å². The normalized spacial score (nSPS) is 30.9. The van der Waals surface area contributed by atoms with Crippen LogP contribution in [-0.4, -0.2) is 11.7 Å². The molecule has 0 spiro atoms. The van der Waals surface area contributed by atoms with Crippen LogP contribution in [0.5, 0.6) is 0 Å². The summed E-state index contributed by atoms with van der Waals surface area (Å²) in [6.45, 7) is 3.96. The monoisotopic (exact) mass is 330 g/mol. The zero-order valence-electron chi connectivity index (χ0n) is 14.7. The molecule has 132 valence electrons. The van der Waals surface area contributed by atoms with Crippen molar-refractivity contribution in [2.45, 2.75) is 63.7 Å². The largest absolute Gasteiger partial charge is 0.396 e. The van der Waals surface area contributed by atoms with Crippen LogP contribution < -0.4 is 0 Å². The lowest BCUT2D eigenvalue weighted by Crippen LogP contribution is -2.25. The summed E-state index contributed by atoms with van der Waals surface area (Å²) >= 11 is 0. The Bertz CT molecular complexity index is 537. The molecule has 1 N–H and O–H groups in total. The Balaban J connectivity index is 1.53. The van der Waals surface area contributed by atoms with E-state index < -0.39 is 0 Å². The van der Waals surface area contributed by atoms with E-state index in [0.717, 1.165) is 23.3 Å². The van der Waals surface area contributed by atoms with Crippen molar-refractivity contribution in [2.75, 3.05) is 6.61 Å². The number of hydrogen-bond donors (Lipinski definition) is 1. The standard InChI is InChI=1S/C22H31FO/c1-2-16-3-5-17(6-4-16)18-7-9-19(10-8-18)21-12-11-20(13-14-24)22(23)15-21/h2,11-12,15-19,24H,1,3-10,13-14H2. The summed E-state index contributed by atoms with van der Waals surface area (Å²) in [5.74, 6) is 2.91. The predicted octanol–water partition coefficient (Wildman–Crippen LogP) is 5.63. The van der Waals surface area contributed by atoms with E-state index in [1.54, 1.807) is 6.07 Å². The minimum atomic E-state index is -0.147. The zero-order valence-corrected chi connectivity index (χ0v) is 14.7. The minimum Gasteiger partial charge on any atom is -0.396 e. The molecule has 0 atom stereocenters. The first-order chi connectivity index (χ1) is 11.7. The van der Waals surface area contributed by atoms with E-state index in [0.29, 0.717) is 17.9 Å². The van der Waals surface area contributed by atoms with Gasteiger partial charge < -0.3 is 5.11 Å². The molecule has 1 aromatic carbocycles. The number of hydrogen-bond acceptors (Lipinski definition) is 1. The second kappa shape index (κ2) is 8.29. The van der Waals surface area contributed by atoms with Crippen LogP contribution >= 0.6 is 0 Å². The molecule has 2 aliphatic rings. The summed E-state index contributed by atoms with van der Waals surface area (Å²) in [4.78, 5) is 0. The van der Waals surface area contributed by atoms with Crippen molar-refractivity contribution in [1.82, 2.24) is 0 Å². The summed E-state index contributed by atoms with van der Waals surface area (Å²) < 4.78 is 14.1. The van der Waals surface area contributed by atoms with Crippen LogP contribution in [0.25, 0.3) is 0 Å². The Hall–Kier alpha value is -1.15. The number of halogens is 1. The molecule has 24 heavy (non-hydrogen) atoms. The molecular formula is C22H31FO. The highest BCUT2D eigenvalue weighted by molar-refractivity contribution is 5.27. The Morgan fingerprint density at radius 2 is 1.62 bits per heavy atom. The predicted molar refractivity (Wildman–Crippen MR) is 97.5 cm³/mol. The topological polar surface area (TPSA) is 20.2 Å². The molecule has 3 rings (SSSR count). The SMILES string of the molecule is C=CC1CCC(C2CCC(c3ccc(CCO)c(F)c3)CC2)CC1. The molecule has 2 aliphatic carbocycles. The van der Waals surface area contributed by atoms with E-state index in [2.05, 4.69) is 18.7 Å². The third kappa shape index (κ3) is 4.08. The number of aliphatic hydroxyl groups is 1. The van der Waals surface area contributed by atoms with E-state index in [9.17, 15) is 4.39 Å². The highest BCUT2D eigenvalue weighted by Crippen LogP contribution is 2.44. The number of allylic oxidation sites excluding steroid dienone is 1. The van der Waals surface area contributed by atoms with Gasteiger partial charge in [-0.15, -0.1) is 6.58 Å². The minimum absolute atomic E-state index is 0.00940. The van der Waals surface area contributed by atoms with Crippen molar-refractivity contribution >= 4 is 0 Å². The van der Waals surface area contributed by atoms with Gasteiger partial charge in [0, 0.05) is 6.61 Å². The van der Waals surface area contributed by atoms with Crippen LogP contribution in [-0.2, 0) is 6.42 Å². The fourth-order valence-corrected chi connectivity index (χ4v) is 4.92. The van der Waals surface area contributed by atoms with Gasteiger partial charge in [0.15, 0.2) is 0 Å². The summed E-state index contributed by atoms with van der Waals surface area (Å²) in [5.41, 5.74) is 1.79. The van der Waals surface area contributed by atoms with Gasteiger partial charge in [-0.1, -0.05) is 18.2 Å². The highest BCUT2D eigenvalue weighted by atomic mass is 19.1. The first-order valence-electron chi connectivity index (χ1n) is 9.73. The van der Waals surface area contributed by atoms with Gasteiger partial charge in [0.25, 0.3) is 0 Å². The van der Waals surface area contributed by atoms with Gasteiger partial charge in [-0.25, -0.2) is 4.39 Å². The van der Waals surface area contributed by atoms with Gasteiger partial charge in [0.2, 0.25) is 0 Å². The van der Waals surface area contributed by atoms with Gasteiger partial charge in [-0.3, -0.25) is 0 Å². The Kier molecular flexibility index (Phi) is 6.10. The molecule has 2 heteroatoms. The molecule has 0 bridgehead atoms. The first-order valence-corrected chi connectivity index (χ1v) is 9.73. The summed E-state index contributed by atoms with van der Waals surface area (Å²) in [6.07, 6.45) is 12.9. The lowest BCUT2D eigenvalue weighted by Gasteiger charge is -2.37. The fraction of sp³-hybridized carbons (Fsp3) is 0.636. The average molecular weight is 330 g/mol. The fourth-order valence-electron chi connectivity index (χ4n) is 4.92. The quantitative estimate of drug-likeness (QED) is 0.694. The van der Waals surface area contributed by atoms with Gasteiger partial charge in [0.05, 0.1) is 0 Å². The van der Waals surface area contributed by atoms with Crippen LogP contribution in [0, 0.1) is 23.6 Å². The van der Waals surface area contributed by atoms with Gasteiger partial charge >= 0.3 is 0 Å². The maximum atomic E-state index is 14.1. The molecule has 0 heterocycles. The van der Waals surface area contributed by atoms with E-state index >= 15 is 0 Å². The molecule has 0 amide bonds. The second-order valence-electron chi connectivity index (χ2n) is 7.85. The van der Waals surface area contributed by atoms with Crippen molar-refractivity contribution in [2.24, 2.45) is 17.8 Å².